The van der Waals surface area contributed by atoms with E-state index in [1.165, 1.54) is 0 Å². The molecule has 0 spiro atoms. The average molecular weight is 412 g/mol. The molecule has 4 rings (SSSR count). The van der Waals surface area contributed by atoms with Crippen LogP contribution in [0.25, 0.3) is 11.1 Å². The van der Waals surface area contributed by atoms with Crippen molar-refractivity contribution in [1.82, 2.24) is 0 Å². The Morgan fingerprint density at radius 2 is 1.10 bits per heavy atom. The molecule has 0 aromatic heterocycles. The monoisotopic (exact) mass is 411 g/mol. The van der Waals surface area contributed by atoms with Crippen molar-refractivity contribution in [2.45, 2.75) is 0 Å². The van der Waals surface area contributed by atoms with Gasteiger partial charge in [-0.05, 0) is 59.7 Å². The first-order valence-corrected chi connectivity index (χ1v) is 9.74. The Kier molecular flexibility index (Phi) is 6.22. The molecule has 0 aliphatic rings. The van der Waals surface area contributed by atoms with E-state index in [0.717, 1.165) is 28.2 Å². The van der Waals surface area contributed by atoms with Gasteiger partial charge < -0.3 is 0 Å². The summed E-state index contributed by atoms with van der Waals surface area (Å²) in [4.78, 5) is 0. The van der Waals surface area contributed by atoms with Gasteiger partial charge in [0.25, 0.3) is 0 Å². The number of benzene rings is 4. The van der Waals surface area contributed by atoms with Gasteiger partial charge in [0.05, 0.1) is 22.1 Å². The van der Waals surface area contributed by atoms with Crippen LogP contribution in [0.5, 0.6) is 0 Å². The maximum absolute atomic E-state index is 6.06. The molecule has 0 radical (unpaired) electrons. The van der Waals surface area contributed by atoms with Gasteiger partial charge in [-0.25, -0.2) is 0 Å². The first kappa shape index (κ1) is 19.5. The molecule has 0 saturated carbocycles. The Balaban J connectivity index is 1.39. The number of hydrogen-bond acceptors (Lipinski definition) is 4. The van der Waals surface area contributed by atoms with Gasteiger partial charge in [-0.3, -0.25) is 5.43 Å². The summed E-state index contributed by atoms with van der Waals surface area (Å²) in [5.74, 6) is 0. The van der Waals surface area contributed by atoms with Gasteiger partial charge in [-0.15, -0.1) is 5.11 Å². The summed E-state index contributed by atoms with van der Waals surface area (Å²) >= 11 is 6.06. The zero-order chi connectivity index (χ0) is 20.6. The highest BCUT2D eigenvalue weighted by Crippen LogP contribution is 2.26. The van der Waals surface area contributed by atoms with Crippen LogP contribution in [-0.2, 0) is 0 Å². The van der Waals surface area contributed by atoms with Crippen molar-refractivity contribution in [2.24, 2.45) is 20.6 Å². The molecule has 0 unspecified atom stereocenters. The summed E-state index contributed by atoms with van der Waals surface area (Å²) in [5.41, 5.74) is 8.19. The van der Waals surface area contributed by atoms with Crippen LogP contribution < -0.4 is 5.43 Å². The first-order valence-electron chi connectivity index (χ1n) is 9.36. The standard InChI is InChI=1S/C24H18ClN5/c25-23-8-4-5-9-24(23)29-30-28-22-16-12-19(13-17-22)18-10-14-21(15-11-18)27-26-20-6-2-1-3-7-20/h1-17H,(H,28,29). The lowest BCUT2D eigenvalue weighted by atomic mass is 10.1. The molecule has 0 fully saturated rings. The van der Waals surface area contributed by atoms with Crippen molar-refractivity contribution in [3.8, 4) is 11.1 Å². The minimum atomic E-state index is 0.560. The average Bonchev–Trinajstić information content (AvgIpc) is 2.80. The predicted octanol–water partition coefficient (Wildman–Crippen LogP) is 8.53. The Bertz CT molecular complexity index is 1150. The summed E-state index contributed by atoms with van der Waals surface area (Å²) in [6.07, 6.45) is 0. The maximum Gasteiger partial charge on any atom is 0.106 e. The highest BCUT2D eigenvalue weighted by atomic mass is 35.5. The molecular weight excluding hydrogens is 394 g/mol. The SMILES string of the molecule is Clc1ccccc1N=NNc1ccc(-c2ccc(N=Nc3ccccc3)cc2)cc1. The number of azo groups is 1. The van der Waals surface area contributed by atoms with E-state index in [1.807, 2.05) is 91.0 Å². The fourth-order valence-corrected chi connectivity index (χ4v) is 2.91. The van der Waals surface area contributed by atoms with Crippen LogP contribution in [0.3, 0.4) is 0 Å². The molecule has 4 aromatic carbocycles. The number of nitrogens with one attached hydrogen (secondary N) is 1. The zero-order valence-corrected chi connectivity index (χ0v) is 16.7. The Morgan fingerprint density at radius 1 is 0.533 bits per heavy atom. The minimum Gasteiger partial charge on any atom is -0.260 e. The second kappa shape index (κ2) is 9.58. The second-order valence-corrected chi connectivity index (χ2v) is 6.83. The van der Waals surface area contributed by atoms with Crippen molar-refractivity contribution in [1.29, 1.82) is 0 Å². The van der Waals surface area contributed by atoms with Gasteiger partial charge in [0.2, 0.25) is 0 Å². The van der Waals surface area contributed by atoms with Gasteiger partial charge in [0.1, 0.15) is 5.69 Å². The quantitative estimate of drug-likeness (QED) is 0.250. The van der Waals surface area contributed by atoms with Gasteiger partial charge in [0, 0.05) is 0 Å². The van der Waals surface area contributed by atoms with Gasteiger partial charge in [-0.1, -0.05) is 71.4 Å². The predicted molar refractivity (Wildman–Crippen MR) is 122 cm³/mol. The molecule has 0 aliphatic heterocycles. The zero-order valence-electron chi connectivity index (χ0n) is 16.0. The van der Waals surface area contributed by atoms with Crippen LogP contribution in [0, 0.1) is 0 Å². The van der Waals surface area contributed by atoms with Crippen molar-refractivity contribution in [2.75, 3.05) is 5.43 Å². The molecule has 0 aliphatic carbocycles. The molecule has 5 nitrogen and oxygen atoms in total. The smallest absolute Gasteiger partial charge is 0.106 e. The van der Waals surface area contributed by atoms with Crippen molar-refractivity contribution < 1.29 is 0 Å². The molecule has 0 amide bonds. The summed E-state index contributed by atoms with van der Waals surface area (Å²) in [7, 11) is 0. The molecule has 146 valence electrons. The van der Waals surface area contributed by atoms with Crippen LogP contribution >= 0.6 is 11.6 Å². The molecule has 1 N–H and O–H groups in total. The highest BCUT2D eigenvalue weighted by Gasteiger charge is 2.00. The summed E-state index contributed by atoms with van der Waals surface area (Å²) in [5, 5.41) is 17.2. The molecule has 30 heavy (non-hydrogen) atoms. The van der Waals surface area contributed by atoms with Gasteiger partial charge >= 0.3 is 0 Å². The third-order valence-corrected chi connectivity index (χ3v) is 4.63. The molecular formula is C24H18ClN5. The number of anilines is 1. The first-order chi connectivity index (χ1) is 14.8. The van der Waals surface area contributed by atoms with Crippen molar-refractivity contribution in [3.63, 3.8) is 0 Å². The Morgan fingerprint density at radius 3 is 1.77 bits per heavy atom. The van der Waals surface area contributed by atoms with E-state index < -0.39 is 0 Å². The van der Waals surface area contributed by atoms with E-state index in [2.05, 4.69) is 26.0 Å². The van der Waals surface area contributed by atoms with Crippen LogP contribution in [0.2, 0.25) is 5.02 Å². The van der Waals surface area contributed by atoms with E-state index in [1.54, 1.807) is 12.1 Å². The fourth-order valence-electron chi connectivity index (χ4n) is 2.74. The third kappa shape index (κ3) is 5.16. The molecule has 0 saturated heterocycles. The van der Waals surface area contributed by atoms with Gasteiger partial charge in [-0.2, -0.15) is 10.2 Å². The molecule has 0 bridgehead atoms. The van der Waals surface area contributed by atoms with Crippen molar-refractivity contribution >= 4 is 34.4 Å². The lowest BCUT2D eigenvalue weighted by Gasteiger charge is -2.04. The summed E-state index contributed by atoms with van der Waals surface area (Å²) in [6, 6.07) is 32.9. The molecule has 4 aromatic rings. The molecule has 0 atom stereocenters. The van der Waals surface area contributed by atoms with Crippen LogP contribution in [0.15, 0.2) is 124 Å². The van der Waals surface area contributed by atoms with E-state index in [0.29, 0.717) is 10.7 Å². The Labute approximate surface area is 179 Å². The maximum atomic E-state index is 6.06. The summed E-state index contributed by atoms with van der Waals surface area (Å²) < 4.78 is 0. The van der Waals surface area contributed by atoms with Gasteiger partial charge in [0.15, 0.2) is 0 Å². The Hall–Kier alpha value is -3.83. The van der Waals surface area contributed by atoms with Crippen LogP contribution in [0.1, 0.15) is 0 Å². The van der Waals surface area contributed by atoms with E-state index in [4.69, 9.17) is 11.6 Å². The lowest BCUT2D eigenvalue weighted by Crippen LogP contribution is -1.86. The number of halogens is 1. The number of rotatable bonds is 6. The molecule has 0 heterocycles. The van der Waals surface area contributed by atoms with E-state index >= 15 is 0 Å². The van der Waals surface area contributed by atoms with Crippen LogP contribution in [0.4, 0.5) is 22.7 Å². The normalized spacial score (nSPS) is 11.2. The van der Waals surface area contributed by atoms with Crippen molar-refractivity contribution in [3.05, 3.63) is 108 Å². The van der Waals surface area contributed by atoms with Crippen LogP contribution in [-0.4, -0.2) is 0 Å². The fraction of sp³-hybridized carbons (Fsp3) is 0. The third-order valence-electron chi connectivity index (χ3n) is 4.31. The number of hydrogen-bond donors (Lipinski definition) is 1. The van der Waals surface area contributed by atoms with E-state index in [9.17, 15) is 0 Å². The van der Waals surface area contributed by atoms with E-state index in [-0.39, 0.29) is 0 Å². The highest BCUT2D eigenvalue weighted by molar-refractivity contribution is 6.32. The second-order valence-electron chi connectivity index (χ2n) is 6.42. The largest absolute Gasteiger partial charge is 0.260 e. The summed E-state index contributed by atoms with van der Waals surface area (Å²) in [6.45, 7) is 0. The molecule has 6 heteroatoms. The lowest BCUT2D eigenvalue weighted by molar-refractivity contribution is 1.13. The number of nitrogens with zero attached hydrogens (tertiary/aromatic N) is 4. The minimum absolute atomic E-state index is 0.560. The topological polar surface area (TPSA) is 61.5 Å².